The van der Waals surface area contributed by atoms with Crippen LogP contribution in [0.4, 0.5) is 0 Å². The molecular formula is C24H27ClN2O4RuS. The Morgan fingerprint density at radius 2 is 1.30 bits per heavy atom. The van der Waals surface area contributed by atoms with Crippen LogP contribution in [0.15, 0.2) is 78.9 Å². The van der Waals surface area contributed by atoms with Gasteiger partial charge in [0.15, 0.2) is 0 Å². The second-order valence-corrected chi connectivity index (χ2v) is 8.38. The summed E-state index contributed by atoms with van der Waals surface area (Å²) in [5.41, 5.74) is 10.5. The summed E-state index contributed by atoms with van der Waals surface area (Å²) in [7, 11) is 3.57. The second-order valence-electron chi connectivity index (χ2n) is 6.72. The Balaban J connectivity index is 0.00000177. The molecule has 0 heterocycles. The van der Waals surface area contributed by atoms with Crippen molar-refractivity contribution in [3.05, 3.63) is 113 Å². The van der Waals surface area contributed by atoms with Crippen molar-refractivity contribution in [2.75, 3.05) is 14.2 Å². The first-order valence-corrected chi connectivity index (χ1v) is 13.4. The number of ether oxygens (including phenoxy) is 2. The number of benzene rings is 3. The van der Waals surface area contributed by atoms with Crippen LogP contribution in [-0.4, -0.2) is 22.6 Å². The average Bonchev–Trinajstić information content (AvgIpc) is 2.84. The summed E-state index contributed by atoms with van der Waals surface area (Å²) >= 11 is 1.82. The molecular weight excluding hydrogens is 549 g/mol. The first-order valence-electron chi connectivity index (χ1n) is 9.54. The van der Waals surface area contributed by atoms with Gasteiger partial charge in [0.25, 0.3) is 0 Å². The van der Waals surface area contributed by atoms with Gasteiger partial charge >= 0.3 is 27.0 Å². The molecule has 6 nitrogen and oxygen atoms in total. The zero-order valence-corrected chi connectivity index (χ0v) is 21.9. The van der Waals surface area contributed by atoms with E-state index in [1.807, 2.05) is 53.7 Å². The number of hydrogen-bond donors (Lipinski definition) is 0. The van der Waals surface area contributed by atoms with Gasteiger partial charge in [-0.15, -0.1) is 12.1 Å². The number of sulfonamides is 1. The SMILES string of the molecule is COc1cccc(OC)c1CS(=O)(=O)[N-]C(c1ccccc1)C([NH-])c1ccccc1.[CH3-].[Cl][Ru+3]. The van der Waals surface area contributed by atoms with Crippen molar-refractivity contribution in [3.63, 3.8) is 0 Å². The Morgan fingerprint density at radius 1 is 0.848 bits per heavy atom. The summed E-state index contributed by atoms with van der Waals surface area (Å²) in [5, 5.41) is 0. The zero-order valence-electron chi connectivity index (χ0n) is 18.6. The molecule has 0 aromatic heterocycles. The quantitative estimate of drug-likeness (QED) is 0.213. The van der Waals surface area contributed by atoms with Gasteiger partial charge in [0.2, 0.25) is 0 Å². The van der Waals surface area contributed by atoms with Crippen LogP contribution in [-0.2, 0) is 33.1 Å². The van der Waals surface area contributed by atoms with Gasteiger partial charge in [-0.25, -0.2) is 8.42 Å². The van der Waals surface area contributed by atoms with E-state index < -0.39 is 22.1 Å². The molecule has 0 aliphatic heterocycles. The fraction of sp³-hybridized carbons (Fsp3) is 0.208. The van der Waals surface area contributed by atoms with Gasteiger partial charge in [0.1, 0.15) is 11.5 Å². The summed E-state index contributed by atoms with van der Waals surface area (Å²) in [6, 6.07) is 21.5. The van der Waals surface area contributed by atoms with Crippen LogP contribution < -0.4 is 9.47 Å². The van der Waals surface area contributed by atoms with E-state index in [0.29, 0.717) is 28.2 Å². The standard InChI is InChI=1S/C23H24N2O4S.CH3.ClH.Ru/c1-28-20-14-9-15-21(29-2)19(20)16-30(26,27)25-23(18-12-7-4-8-13-18)22(24)17-10-5-3-6-11-17;;;/h3-15,22-24H,16H2,1-2H3;1H3;1H;/q-2;-1;;+4/p-1. The molecule has 2 unspecified atom stereocenters. The van der Waals surface area contributed by atoms with Gasteiger partial charge in [-0.3, -0.25) is 0 Å². The van der Waals surface area contributed by atoms with E-state index in [0.717, 1.165) is 0 Å². The van der Waals surface area contributed by atoms with E-state index in [2.05, 4.69) is 14.4 Å². The fourth-order valence-electron chi connectivity index (χ4n) is 3.27. The van der Waals surface area contributed by atoms with E-state index in [1.54, 1.807) is 42.5 Å². The van der Waals surface area contributed by atoms with Crippen molar-refractivity contribution in [2.24, 2.45) is 0 Å². The van der Waals surface area contributed by atoms with Crippen LogP contribution in [0.1, 0.15) is 28.8 Å². The molecule has 0 bridgehead atoms. The number of nitrogens with one attached hydrogen (secondary N) is 1. The van der Waals surface area contributed by atoms with Crippen LogP contribution >= 0.6 is 9.69 Å². The molecule has 0 amide bonds. The molecule has 0 spiro atoms. The molecule has 0 aliphatic rings. The van der Waals surface area contributed by atoms with Gasteiger partial charge < -0.3 is 27.4 Å². The second kappa shape index (κ2) is 14.3. The maximum atomic E-state index is 13.1. The minimum absolute atomic E-state index is 0. The van der Waals surface area contributed by atoms with Gasteiger partial charge in [-0.1, -0.05) is 77.9 Å². The Bertz CT molecular complexity index is 1050. The first kappa shape index (κ1) is 29.1. The van der Waals surface area contributed by atoms with E-state index in [4.69, 9.17) is 15.2 Å². The predicted octanol–water partition coefficient (Wildman–Crippen LogP) is 6.58. The Kier molecular flexibility index (Phi) is 12.6. The van der Waals surface area contributed by atoms with Crippen molar-refractivity contribution >= 4 is 19.7 Å². The summed E-state index contributed by atoms with van der Waals surface area (Å²) < 4.78 is 41.0. The number of rotatable bonds is 9. The van der Waals surface area contributed by atoms with Crippen LogP contribution in [0.3, 0.4) is 0 Å². The van der Waals surface area contributed by atoms with E-state index in [9.17, 15) is 8.42 Å². The molecule has 0 fully saturated rings. The van der Waals surface area contributed by atoms with E-state index in [-0.39, 0.29) is 13.2 Å². The number of methoxy groups -OCH3 is 2. The van der Waals surface area contributed by atoms with Crippen LogP contribution in [0.5, 0.6) is 11.5 Å². The summed E-state index contributed by atoms with van der Waals surface area (Å²) in [4.78, 5) is 0. The average molecular weight is 576 g/mol. The maximum absolute atomic E-state index is 13.1. The van der Waals surface area contributed by atoms with Crippen LogP contribution in [0, 0.1) is 7.43 Å². The fourth-order valence-corrected chi connectivity index (χ4v) is 4.58. The summed E-state index contributed by atoms with van der Waals surface area (Å²) in [6.07, 6.45) is 0. The molecule has 0 radical (unpaired) electrons. The van der Waals surface area contributed by atoms with E-state index in [1.165, 1.54) is 14.2 Å². The van der Waals surface area contributed by atoms with Gasteiger partial charge in [-0.2, -0.15) is 0 Å². The summed E-state index contributed by atoms with van der Waals surface area (Å²) in [6.45, 7) is 0. The van der Waals surface area contributed by atoms with Crippen molar-refractivity contribution in [3.8, 4) is 11.5 Å². The molecule has 3 rings (SSSR count). The molecule has 33 heavy (non-hydrogen) atoms. The van der Waals surface area contributed by atoms with Crippen LogP contribution in [0.2, 0.25) is 0 Å². The molecule has 3 aromatic rings. The monoisotopic (exact) mass is 576 g/mol. The molecule has 2 atom stereocenters. The molecule has 3 aromatic carbocycles. The topological polar surface area (TPSA) is 90.5 Å². The number of nitrogens with zero attached hydrogens (tertiary/aromatic N) is 1. The van der Waals surface area contributed by atoms with Crippen LogP contribution in [0.25, 0.3) is 10.5 Å². The summed E-state index contributed by atoms with van der Waals surface area (Å²) in [5.74, 6) is 0.440. The number of halogens is 1. The van der Waals surface area contributed by atoms with Crippen molar-refractivity contribution < 1.29 is 35.2 Å². The molecule has 0 saturated heterocycles. The van der Waals surface area contributed by atoms with Crippen molar-refractivity contribution in [1.29, 1.82) is 0 Å². The Labute approximate surface area is 211 Å². The van der Waals surface area contributed by atoms with Crippen molar-refractivity contribution in [1.82, 2.24) is 0 Å². The van der Waals surface area contributed by atoms with Gasteiger partial charge in [0, 0.05) is 5.56 Å². The predicted molar refractivity (Wildman–Crippen MR) is 130 cm³/mol. The molecule has 178 valence electrons. The first-order chi connectivity index (χ1) is 15.4. The minimum atomic E-state index is -3.96. The normalized spacial score (nSPS) is 12.4. The molecule has 1 N–H and O–H groups in total. The third-order valence-corrected chi connectivity index (χ3v) is 5.95. The molecule has 0 saturated carbocycles. The zero-order chi connectivity index (χ0) is 23.6. The number of hydrogen-bond acceptors (Lipinski definition) is 4. The molecule has 0 aliphatic carbocycles. The van der Waals surface area contributed by atoms with Gasteiger partial charge in [-0.05, 0) is 12.1 Å². The Morgan fingerprint density at radius 3 is 1.76 bits per heavy atom. The van der Waals surface area contributed by atoms with E-state index >= 15 is 0 Å². The third kappa shape index (κ3) is 8.09. The van der Waals surface area contributed by atoms with Crippen molar-refractivity contribution in [2.45, 2.75) is 17.8 Å². The Hall–Kier alpha value is -1.96. The third-order valence-electron chi connectivity index (χ3n) is 4.75. The molecule has 9 heteroatoms. The van der Waals surface area contributed by atoms with Gasteiger partial charge in [0.05, 0.1) is 30.0 Å².